The first kappa shape index (κ1) is 11.9. The maximum Gasteiger partial charge on any atom is 0.125 e. The summed E-state index contributed by atoms with van der Waals surface area (Å²) < 4.78 is 0. The molecule has 3 nitrogen and oxygen atoms in total. The molecule has 1 unspecified atom stereocenters. The molecule has 1 saturated heterocycles. The summed E-state index contributed by atoms with van der Waals surface area (Å²) in [5.74, 6) is 0.789. The lowest BCUT2D eigenvalue weighted by molar-refractivity contribution is 0.377. The fourth-order valence-electron chi connectivity index (χ4n) is 2.56. The third kappa shape index (κ3) is 2.49. The standard InChI is InChI=1S/C14H19N3S/c1-10-13(7-11-3-2-5-15-8-11)18-14(17-10)12-4-6-16-9-12/h4,6,9,11,15-16H,2-3,5,7-8H2,1H3. The molecule has 0 saturated carbocycles. The zero-order valence-electron chi connectivity index (χ0n) is 10.7. The van der Waals surface area contributed by atoms with Crippen molar-refractivity contribution in [2.75, 3.05) is 13.1 Å². The van der Waals surface area contributed by atoms with E-state index in [9.17, 15) is 0 Å². The summed E-state index contributed by atoms with van der Waals surface area (Å²) in [5.41, 5.74) is 2.41. The molecule has 0 bridgehead atoms. The molecular weight excluding hydrogens is 242 g/mol. The predicted molar refractivity (Wildman–Crippen MR) is 75.9 cm³/mol. The first-order valence-corrected chi connectivity index (χ1v) is 7.45. The highest BCUT2D eigenvalue weighted by atomic mass is 32.1. The topological polar surface area (TPSA) is 40.7 Å². The van der Waals surface area contributed by atoms with E-state index in [1.54, 1.807) is 0 Å². The molecule has 2 aromatic heterocycles. The van der Waals surface area contributed by atoms with Crippen LogP contribution in [0.4, 0.5) is 0 Å². The third-order valence-electron chi connectivity index (χ3n) is 3.61. The van der Waals surface area contributed by atoms with Crippen LogP contribution < -0.4 is 5.32 Å². The molecule has 2 N–H and O–H groups in total. The van der Waals surface area contributed by atoms with Gasteiger partial charge in [0.2, 0.25) is 0 Å². The van der Waals surface area contributed by atoms with Crippen LogP contribution in [0.1, 0.15) is 23.4 Å². The first-order chi connectivity index (χ1) is 8.83. The molecular formula is C14H19N3S. The fraction of sp³-hybridized carbons (Fsp3) is 0.500. The van der Waals surface area contributed by atoms with Gasteiger partial charge in [-0.15, -0.1) is 11.3 Å². The molecule has 3 heterocycles. The Morgan fingerprint density at radius 3 is 3.17 bits per heavy atom. The number of aromatic amines is 1. The van der Waals surface area contributed by atoms with Crippen LogP contribution in [0.5, 0.6) is 0 Å². The van der Waals surface area contributed by atoms with Crippen LogP contribution in [0.15, 0.2) is 18.5 Å². The van der Waals surface area contributed by atoms with Gasteiger partial charge in [0.15, 0.2) is 0 Å². The van der Waals surface area contributed by atoms with Crippen LogP contribution in [-0.4, -0.2) is 23.1 Å². The van der Waals surface area contributed by atoms with Gasteiger partial charge in [-0.3, -0.25) is 0 Å². The van der Waals surface area contributed by atoms with E-state index in [-0.39, 0.29) is 0 Å². The van der Waals surface area contributed by atoms with Gasteiger partial charge in [-0.2, -0.15) is 0 Å². The Hall–Kier alpha value is -1.13. The van der Waals surface area contributed by atoms with Crippen molar-refractivity contribution >= 4 is 11.3 Å². The Kier molecular flexibility index (Phi) is 3.48. The minimum atomic E-state index is 0.789. The summed E-state index contributed by atoms with van der Waals surface area (Å²) in [7, 11) is 0. The van der Waals surface area contributed by atoms with Crippen LogP contribution in [0.25, 0.3) is 10.6 Å². The van der Waals surface area contributed by atoms with E-state index in [0.717, 1.165) is 17.5 Å². The first-order valence-electron chi connectivity index (χ1n) is 6.63. The second-order valence-corrected chi connectivity index (χ2v) is 6.13. The summed E-state index contributed by atoms with van der Waals surface area (Å²) in [4.78, 5) is 9.25. The molecule has 0 amide bonds. The third-order valence-corrected chi connectivity index (χ3v) is 4.84. The van der Waals surface area contributed by atoms with Crippen molar-refractivity contribution in [3.05, 3.63) is 29.0 Å². The van der Waals surface area contributed by atoms with Gasteiger partial charge in [-0.1, -0.05) is 0 Å². The van der Waals surface area contributed by atoms with Gasteiger partial charge in [0, 0.05) is 22.8 Å². The van der Waals surface area contributed by atoms with Gasteiger partial charge >= 0.3 is 0 Å². The number of H-pyrrole nitrogens is 1. The molecule has 0 radical (unpaired) electrons. The molecule has 1 aliphatic rings. The van der Waals surface area contributed by atoms with Gasteiger partial charge in [-0.25, -0.2) is 4.98 Å². The largest absolute Gasteiger partial charge is 0.367 e. The maximum absolute atomic E-state index is 4.70. The number of thiazole rings is 1. The molecule has 18 heavy (non-hydrogen) atoms. The van der Waals surface area contributed by atoms with Crippen molar-refractivity contribution in [1.29, 1.82) is 0 Å². The van der Waals surface area contributed by atoms with Crippen LogP contribution in [0.3, 0.4) is 0 Å². The number of rotatable bonds is 3. The lowest BCUT2D eigenvalue weighted by Gasteiger charge is -2.22. The molecule has 4 heteroatoms. The number of aromatic nitrogens is 2. The summed E-state index contributed by atoms with van der Waals surface area (Å²) in [6.07, 6.45) is 7.82. The second kappa shape index (κ2) is 5.24. The quantitative estimate of drug-likeness (QED) is 0.891. The zero-order valence-corrected chi connectivity index (χ0v) is 11.5. The van der Waals surface area contributed by atoms with Crippen molar-refractivity contribution in [2.24, 2.45) is 5.92 Å². The molecule has 1 aliphatic heterocycles. The molecule has 3 rings (SSSR count). The molecule has 1 atom stereocenters. The number of nitrogens with one attached hydrogen (secondary N) is 2. The Bertz CT molecular complexity index is 495. The number of hydrogen-bond acceptors (Lipinski definition) is 3. The van der Waals surface area contributed by atoms with E-state index in [0.29, 0.717) is 0 Å². The summed E-state index contributed by atoms with van der Waals surface area (Å²) in [5, 5.41) is 4.63. The van der Waals surface area contributed by atoms with Crippen molar-refractivity contribution in [3.63, 3.8) is 0 Å². The van der Waals surface area contributed by atoms with Crippen molar-refractivity contribution in [1.82, 2.24) is 15.3 Å². The van der Waals surface area contributed by atoms with E-state index in [1.807, 2.05) is 23.7 Å². The van der Waals surface area contributed by atoms with Gasteiger partial charge in [-0.05, 0) is 51.3 Å². The van der Waals surface area contributed by atoms with E-state index in [4.69, 9.17) is 4.98 Å². The summed E-state index contributed by atoms with van der Waals surface area (Å²) in [6.45, 7) is 4.49. The maximum atomic E-state index is 4.70. The lowest BCUT2D eigenvalue weighted by Crippen LogP contribution is -2.30. The molecule has 2 aromatic rings. The highest BCUT2D eigenvalue weighted by molar-refractivity contribution is 7.15. The molecule has 0 aromatic carbocycles. The predicted octanol–water partition coefficient (Wildman–Crippen LogP) is 2.99. The molecule has 0 spiro atoms. The smallest absolute Gasteiger partial charge is 0.125 e. The average molecular weight is 261 g/mol. The minimum Gasteiger partial charge on any atom is -0.367 e. The van der Waals surface area contributed by atoms with Crippen LogP contribution in [0, 0.1) is 12.8 Å². The highest BCUT2D eigenvalue weighted by Gasteiger charge is 2.17. The number of hydrogen-bond donors (Lipinski definition) is 2. The Balaban J connectivity index is 1.76. The number of nitrogens with zero attached hydrogens (tertiary/aromatic N) is 1. The summed E-state index contributed by atoms with van der Waals surface area (Å²) >= 11 is 1.85. The van der Waals surface area contributed by atoms with Crippen LogP contribution in [-0.2, 0) is 6.42 Å². The Morgan fingerprint density at radius 1 is 1.50 bits per heavy atom. The van der Waals surface area contributed by atoms with E-state index < -0.39 is 0 Å². The second-order valence-electron chi connectivity index (χ2n) is 5.04. The van der Waals surface area contributed by atoms with Gasteiger partial charge in [0.25, 0.3) is 0 Å². The average Bonchev–Trinajstić information content (AvgIpc) is 3.01. The van der Waals surface area contributed by atoms with E-state index in [2.05, 4.69) is 23.3 Å². The van der Waals surface area contributed by atoms with E-state index >= 15 is 0 Å². The minimum absolute atomic E-state index is 0.789. The lowest BCUT2D eigenvalue weighted by atomic mass is 9.95. The SMILES string of the molecule is Cc1nc(-c2cc[nH]c2)sc1CC1CCCNC1. The molecule has 1 fully saturated rings. The molecule has 96 valence electrons. The van der Waals surface area contributed by atoms with Gasteiger partial charge in [0.1, 0.15) is 5.01 Å². The Morgan fingerprint density at radius 2 is 2.44 bits per heavy atom. The molecule has 0 aliphatic carbocycles. The van der Waals surface area contributed by atoms with Gasteiger partial charge < -0.3 is 10.3 Å². The Labute approximate surface area is 112 Å². The van der Waals surface area contributed by atoms with Crippen molar-refractivity contribution in [2.45, 2.75) is 26.2 Å². The number of piperidine rings is 1. The fourth-order valence-corrected chi connectivity index (χ4v) is 3.73. The summed E-state index contributed by atoms with van der Waals surface area (Å²) in [6, 6.07) is 2.09. The normalized spacial score (nSPS) is 20.2. The zero-order chi connectivity index (χ0) is 12.4. The monoisotopic (exact) mass is 261 g/mol. The van der Waals surface area contributed by atoms with E-state index in [1.165, 1.54) is 41.9 Å². The highest BCUT2D eigenvalue weighted by Crippen LogP contribution is 2.30. The number of aryl methyl sites for hydroxylation is 1. The van der Waals surface area contributed by atoms with Gasteiger partial charge in [0.05, 0.1) is 5.69 Å². The van der Waals surface area contributed by atoms with Crippen molar-refractivity contribution in [3.8, 4) is 10.6 Å². The van der Waals surface area contributed by atoms with Crippen molar-refractivity contribution < 1.29 is 0 Å². The van der Waals surface area contributed by atoms with Crippen LogP contribution in [0.2, 0.25) is 0 Å². The van der Waals surface area contributed by atoms with Crippen LogP contribution >= 0.6 is 11.3 Å².